The van der Waals surface area contributed by atoms with Crippen LogP contribution in [-0.2, 0) is 16.1 Å². The SMILES string of the molecule is NC(=O)C(NC(=O)OCc1ccccc1)c1cccc(F)c1. The number of ether oxygens (including phenoxy) is 1. The summed E-state index contributed by atoms with van der Waals surface area (Å²) in [6, 6.07) is 13.2. The van der Waals surface area contributed by atoms with Crippen LogP contribution in [0.4, 0.5) is 9.18 Å². The van der Waals surface area contributed by atoms with Crippen LogP contribution < -0.4 is 11.1 Å². The van der Waals surface area contributed by atoms with E-state index in [1.54, 1.807) is 12.1 Å². The number of benzene rings is 2. The second-order valence-electron chi connectivity index (χ2n) is 4.60. The molecule has 0 aliphatic carbocycles. The highest BCUT2D eigenvalue weighted by Crippen LogP contribution is 2.14. The first-order valence-corrected chi connectivity index (χ1v) is 6.58. The Morgan fingerprint density at radius 3 is 2.50 bits per heavy atom. The average Bonchev–Trinajstić information content (AvgIpc) is 2.51. The topological polar surface area (TPSA) is 81.4 Å². The molecular formula is C16H15FN2O3. The molecule has 3 N–H and O–H groups in total. The van der Waals surface area contributed by atoms with Crippen LogP contribution in [0.3, 0.4) is 0 Å². The van der Waals surface area contributed by atoms with Gasteiger partial charge in [0.15, 0.2) is 0 Å². The third-order valence-electron chi connectivity index (χ3n) is 2.94. The maximum atomic E-state index is 13.2. The molecule has 0 saturated heterocycles. The van der Waals surface area contributed by atoms with Gasteiger partial charge in [0.25, 0.3) is 0 Å². The number of amides is 2. The highest BCUT2D eigenvalue weighted by Gasteiger charge is 2.21. The van der Waals surface area contributed by atoms with E-state index in [0.717, 1.165) is 11.6 Å². The Labute approximate surface area is 126 Å². The van der Waals surface area contributed by atoms with Gasteiger partial charge in [0, 0.05) is 0 Å². The maximum Gasteiger partial charge on any atom is 0.408 e. The lowest BCUT2D eigenvalue weighted by molar-refractivity contribution is -0.120. The minimum atomic E-state index is -1.15. The third-order valence-corrected chi connectivity index (χ3v) is 2.94. The molecule has 2 amide bonds. The molecule has 0 spiro atoms. The monoisotopic (exact) mass is 302 g/mol. The summed E-state index contributed by atoms with van der Waals surface area (Å²) in [7, 11) is 0. The largest absolute Gasteiger partial charge is 0.445 e. The minimum absolute atomic E-state index is 0.0569. The van der Waals surface area contributed by atoms with Crippen LogP contribution in [0.25, 0.3) is 0 Å². The highest BCUT2D eigenvalue weighted by atomic mass is 19.1. The van der Waals surface area contributed by atoms with Crippen molar-refractivity contribution in [2.24, 2.45) is 5.73 Å². The molecule has 22 heavy (non-hydrogen) atoms. The molecule has 2 aromatic carbocycles. The van der Waals surface area contributed by atoms with Crippen LogP contribution in [0.2, 0.25) is 0 Å². The molecular weight excluding hydrogens is 287 g/mol. The molecule has 0 fully saturated rings. The van der Waals surface area contributed by atoms with Crippen LogP contribution in [0.15, 0.2) is 54.6 Å². The molecule has 0 aromatic heterocycles. The van der Waals surface area contributed by atoms with Gasteiger partial charge in [0.05, 0.1) is 0 Å². The Morgan fingerprint density at radius 1 is 1.14 bits per heavy atom. The lowest BCUT2D eigenvalue weighted by Crippen LogP contribution is -2.37. The molecule has 2 rings (SSSR count). The van der Waals surface area contributed by atoms with Gasteiger partial charge in [-0.1, -0.05) is 42.5 Å². The zero-order valence-electron chi connectivity index (χ0n) is 11.7. The molecule has 1 atom stereocenters. The fraction of sp³-hybridized carbons (Fsp3) is 0.125. The molecule has 2 aromatic rings. The number of primary amides is 1. The first-order chi connectivity index (χ1) is 10.6. The van der Waals surface area contributed by atoms with Crippen molar-refractivity contribution in [1.29, 1.82) is 0 Å². The Kier molecular flexibility index (Phi) is 5.08. The van der Waals surface area contributed by atoms with E-state index in [9.17, 15) is 14.0 Å². The smallest absolute Gasteiger partial charge is 0.408 e. The summed E-state index contributed by atoms with van der Waals surface area (Å²) < 4.78 is 18.2. The lowest BCUT2D eigenvalue weighted by Gasteiger charge is -2.16. The molecule has 0 radical (unpaired) electrons. The minimum Gasteiger partial charge on any atom is -0.445 e. The van der Waals surface area contributed by atoms with Crippen molar-refractivity contribution >= 4 is 12.0 Å². The summed E-state index contributed by atoms with van der Waals surface area (Å²) >= 11 is 0. The average molecular weight is 302 g/mol. The van der Waals surface area contributed by atoms with E-state index < -0.39 is 23.9 Å². The Balaban J connectivity index is 1.99. The van der Waals surface area contributed by atoms with Crippen LogP contribution in [0.1, 0.15) is 17.2 Å². The van der Waals surface area contributed by atoms with E-state index in [0.29, 0.717) is 0 Å². The Morgan fingerprint density at radius 2 is 1.86 bits per heavy atom. The third kappa shape index (κ3) is 4.31. The van der Waals surface area contributed by atoms with Crippen LogP contribution >= 0.6 is 0 Å². The van der Waals surface area contributed by atoms with E-state index in [1.165, 1.54) is 18.2 Å². The predicted molar refractivity (Wildman–Crippen MR) is 78.1 cm³/mol. The number of nitrogens with two attached hydrogens (primary N) is 1. The normalized spacial score (nSPS) is 11.5. The molecule has 0 aliphatic heterocycles. The van der Waals surface area contributed by atoms with Gasteiger partial charge in [-0.05, 0) is 23.3 Å². The van der Waals surface area contributed by atoms with Crippen molar-refractivity contribution in [3.63, 3.8) is 0 Å². The van der Waals surface area contributed by atoms with Gasteiger partial charge in [-0.25, -0.2) is 9.18 Å². The fourth-order valence-electron chi connectivity index (χ4n) is 1.89. The standard InChI is InChI=1S/C16H15FN2O3/c17-13-8-4-7-12(9-13)14(15(18)20)19-16(21)22-10-11-5-2-1-3-6-11/h1-9,14H,10H2,(H2,18,20)(H,19,21). The molecule has 114 valence electrons. The summed E-state index contributed by atoms with van der Waals surface area (Å²) in [4.78, 5) is 23.2. The quantitative estimate of drug-likeness (QED) is 0.889. The van der Waals surface area contributed by atoms with Gasteiger partial charge in [-0.15, -0.1) is 0 Å². The summed E-state index contributed by atoms with van der Waals surface area (Å²) in [5.74, 6) is -1.33. The lowest BCUT2D eigenvalue weighted by atomic mass is 10.1. The number of carbonyl (C=O) groups is 2. The number of rotatable bonds is 5. The zero-order valence-corrected chi connectivity index (χ0v) is 11.7. The van der Waals surface area contributed by atoms with E-state index in [4.69, 9.17) is 10.5 Å². The molecule has 0 saturated carbocycles. The van der Waals surface area contributed by atoms with Gasteiger partial charge in [-0.2, -0.15) is 0 Å². The van der Waals surface area contributed by atoms with Crippen LogP contribution in [0, 0.1) is 5.82 Å². The number of halogens is 1. The first kappa shape index (κ1) is 15.5. The Hall–Kier alpha value is -2.89. The summed E-state index contributed by atoms with van der Waals surface area (Å²) in [5, 5.41) is 2.33. The summed E-state index contributed by atoms with van der Waals surface area (Å²) in [6.45, 7) is 0.0569. The molecule has 0 aliphatic rings. The molecule has 5 nitrogen and oxygen atoms in total. The van der Waals surface area contributed by atoms with Crippen molar-refractivity contribution in [2.45, 2.75) is 12.6 Å². The van der Waals surface area contributed by atoms with Gasteiger partial charge in [-0.3, -0.25) is 4.79 Å². The number of nitrogens with one attached hydrogen (secondary N) is 1. The van der Waals surface area contributed by atoms with Crippen molar-refractivity contribution in [3.8, 4) is 0 Å². The van der Waals surface area contributed by atoms with Crippen LogP contribution in [0.5, 0.6) is 0 Å². The molecule has 0 bridgehead atoms. The summed E-state index contributed by atoms with van der Waals surface area (Å²) in [6.07, 6.45) is -0.808. The van der Waals surface area contributed by atoms with Gasteiger partial charge in [0.2, 0.25) is 5.91 Å². The fourth-order valence-corrected chi connectivity index (χ4v) is 1.89. The van der Waals surface area contributed by atoms with Gasteiger partial charge in [0.1, 0.15) is 18.5 Å². The van der Waals surface area contributed by atoms with Crippen LogP contribution in [-0.4, -0.2) is 12.0 Å². The molecule has 6 heteroatoms. The maximum absolute atomic E-state index is 13.2. The zero-order chi connectivity index (χ0) is 15.9. The van der Waals surface area contributed by atoms with Crippen molar-refractivity contribution in [3.05, 3.63) is 71.5 Å². The van der Waals surface area contributed by atoms with Crippen molar-refractivity contribution in [2.75, 3.05) is 0 Å². The summed E-state index contributed by atoms with van der Waals surface area (Å²) in [5.41, 5.74) is 6.30. The number of hydrogen-bond donors (Lipinski definition) is 2. The second kappa shape index (κ2) is 7.21. The molecule has 0 heterocycles. The number of alkyl carbamates (subject to hydrolysis) is 1. The van der Waals surface area contributed by atoms with E-state index in [2.05, 4.69) is 5.32 Å². The predicted octanol–water partition coefficient (Wildman–Crippen LogP) is 2.28. The molecule has 1 unspecified atom stereocenters. The second-order valence-corrected chi connectivity index (χ2v) is 4.60. The van der Waals surface area contributed by atoms with Gasteiger partial charge < -0.3 is 15.8 Å². The van der Waals surface area contributed by atoms with E-state index in [1.807, 2.05) is 18.2 Å². The first-order valence-electron chi connectivity index (χ1n) is 6.58. The van der Waals surface area contributed by atoms with E-state index in [-0.39, 0.29) is 12.2 Å². The van der Waals surface area contributed by atoms with Crippen molar-refractivity contribution < 1.29 is 18.7 Å². The van der Waals surface area contributed by atoms with E-state index >= 15 is 0 Å². The number of hydrogen-bond acceptors (Lipinski definition) is 3. The van der Waals surface area contributed by atoms with Gasteiger partial charge >= 0.3 is 6.09 Å². The Bertz CT molecular complexity index is 661. The highest BCUT2D eigenvalue weighted by molar-refractivity contribution is 5.85. The number of carbonyl (C=O) groups excluding carboxylic acids is 2. The van der Waals surface area contributed by atoms with Crippen molar-refractivity contribution in [1.82, 2.24) is 5.32 Å².